The summed E-state index contributed by atoms with van der Waals surface area (Å²) in [6.07, 6.45) is -0.566. The molecule has 0 fully saturated rings. The highest BCUT2D eigenvalue weighted by atomic mass is 16.5. The highest BCUT2D eigenvalue weighted by Gasteiger charge is 2.17. The number of hydrogen-bond acceptors (Lipinski definition) is 3. The normalized spacial score (nSPS) is 13.0. The second-order valence-corrected chi connectivity index (χ2v) is 4.40. The van der Waals surface area contributed by atoms with E-state index < -0.39 is 6.23 Å². The van der Waals surface area contributed by atoms with E-state index in [-0.39, 0.29) is 0 Å². The third-order valence-electron chi connectivity index (χ3n) is 3.04. The van der Waals surface area contributed by atoms with Crippen molar-refractivity contribution in [1.82, 2.24) is 4.90 Å². The summed E-state index contributed by atoms with van der Waals surface area (Å²) >= 11 is 0. The van der Waals surface area contributed by atoms with Crippen molar-refractivity contribution in [3.8, 4) is 5.75 Å². The lowest BCUT2D eigenvalue weighted by Gasteiger charge is -2.23. The van der Waals surface area contributed by atoms with Crippen molar-refractivity contribution in [1.29, 1.82) is 0 Å². The number of methoxy groups -OCH3 is 1. The second kappa shape index (κ2) is 4.85. The number of aliphatic hydroxyl groups excluding tert-OH is 1. The Morgan fingerprint density at radius 1 is 1.19 bits per heavy atom. The van der Waals surface area contributed by atoms with E-state index in [1.165, 1.54) is 0 Å². The SMILES string of the molecule is COc1c(C)cc(C(O)N(C)C)c(C)c1C. The molecule has 0 aliphatic heterocycles. The Morgan fingerprint density at radius 2 is 1.75 bits per heavy atom. The van der Waals surface area contributed by atoms with Crippen molar-refractivity contribution in [3.63, 3.8) is 0 Å². The molecular formula is C13H21NO2. The smallest absolute Gasteiger partial charge is 0.133 e. The summed E-state index contributed by atoms with van der Waals surface area (Å²) in [7, 11) is 5.40. The first-order valence-electron chi connectivity index (χ1n) is 5.39. The van der Waals surface area contributed by atoms with Crippen molar-refractivity contribution >= 4 is 0 Å². The van der Waals surface area contributed by atoms with Crippen molar-refractivity contribution in [3.05, 3.63) is 28.3 Å². The van der Waals surface area contributed by atoms with Crippen LogP contribution in [0.5, 0.6) is 5.75 Å². The zero-order chi connectivity index (χ0) is 12.5. The largest absolute Gasteiger partial charge is 0.496 e. The summed E-state index contributed by atoms with van der Waals surface area (Å²) in [5.74, 6) is 0.909. The van der Waals surface area contributed by atoms with Gasteiger partial charge in [-0.15, -0.1) is 0 Å². The van der Waals surface area contributed by atoms with E-state index in [0.29, 0.717) is 0 Å². The molecule has 0 amide bonds. The van der Waals surface area contributed by atoms with E-state index in [9.17, 15) is 5.11 Å². The van der Waals surface area contributed by atoms with Crippen LogP contribution in [-0.2, 0) is 0 Å². The Balaban J connectivity index is 3.34. The van der Waals surface area contributed by atoms with Crippen molar-refractivity contribution in [2.24, 2.45) is 0 Å². The number of ether oxygens (including phenoxy) is 1. The first-order chi connectivity index (χ1) is 7.40. The molecule has 0 aromatic heterocycles. The topological polar surface area (TPSA) is 32.7 Å². The van der Waals surface area contributed by atoms with Gasteiger partial charge in [0.05, 0.1) is 7.11 Å². The van der Waals surface area contributed by atoms with Gasteiger partial charge in [-0.1, -0.05) is 0 Å². The van der Waals surface area contributed by atoms with Crippen LogP contribution in [0.3, 0.4) is 0 Å². The molecule has 1 atom stereocenters. The molecule has 0 heterocycles. The molecule has 1 unspecified atom stereocenters. The monoisotopic (exact) mass is 223 g/mol. The standard InChI is InChI=1S/C13H21NO2/c1-8-7-11(13(15)14(4)5)9(2)10(3)12(8)16-6/h7,13,15H,1-6H3. The van der Waals surface area contributed by atoms with Gasteiger partial charge in [-0.3, -0.25) is 4.90 Å². The van der Waals surface area contributed by atoms with Crippen LogP contribution in [0.25, 0.3) is 0 Å². The number of rotatable bonds is 3. The summed E-state index contributed by atoms with van der Waals surface area (Å²) < 4.78 is 5.36. The van der Waals surface area contributed by atoms with Gasteiger partial charge in [0.1, 0.15) is 12.0 Å². The van der Waals surface area contributed by atoms with Crippen LogP contribution < -0.4 is 4.74 Å². The van der Waals surface area contributed by atoms with E-state index in [1.807, 2.05) is 40.9 Å². The predicted octanol–water partition coefficient (Wildman–Crippen LogP) is 2.17. The van der Waals surface area contributed by atoms with E-state index in [1.54, 1.807) is 12.0 Å². The van der Waals surface area contributed by atoms with Crippen LogP contribution in [0.1, 0.15) is 28.5 Å². The lowest BCUT2D eigenvalue weighted by molar-refractivity contribution is 0.0388. The maximum absolute atomic E-state index is 10.1. The molecule has 0 saturated heterocycles. The number of aryl methyl sites for hydroxylation is 1. The van der Waals surface area contributed by atoms with Gasteiger partial charge in [0, 0.05) is 0 Å². The average molecular weight is 223 g/mol. The van der Waals surface area contributed by atoms with Gasteiger partial charge in [0.25, 0.3) is 0 Å². The minimum atomic E-state index is -0.566. The molecule has 0 aliphatic rings. The molecule has 3 heteroatoms. The van der Waals surface area contributed by atoms with E-state index in [2.05, 4.69) is 0 Å². The first kappa shape index (κ1) is 13.0. The summed E-state index contributed by atoms with van der Waals surface area (Å²) in [4.78, 5) is 1.79. The van der Waals surface area contributed by atoms with Crippen LogP contribution in [0.15, 0.2) is 6.07 Å². The Bertz CT molecular complexity index is 386. The molecule has 1 aromatic rings. The Labute approximate surface area is 97.7 Å². The van der Waals surface area contributed by atoms with Crippen LogP contribution in [0.4, 0.5) is 0 Å². The molecular weight excluding hydrogens is 202 g/mol. The fourth-order valence-electron chi connectivity index (χ4n) is 1.95. The molecule has 0 aliphatic carbocycles. The zero-order valence-electron chi connectivity index (χ0n) is 11.0. The van der Waals surface area contributed by atoms with E-state index in [0.717, 1.165) is 28.0 Å². The summed E-state index contributed by atoms with van der Waals surface area (Å²) in [6.45, 7) is 6.03. The minimum Gasteiger partial charge on any atom is -0.496 e. The number of nitrogens with zero attached hydrogens (tertiary/aromatic N) is 1. The van der Waals surface area contributed by atoms with E-state index in [4.69, 9.17) is 4.74 Å². The van der Waals surface area contributed by atoms with Crippen molar-refractivity contribution in [2.45, 2.75) is 27.0 Å². The number of benzene rings is 1. The molecule has 0 spiro atoms. The number of hydrogen-bond donors (Lipinski definition) is 1. The Hall–Kier alpha value is -1.06. The summed E-state index contributed by atoms with van der Waals surface area (Å²) in [5, 5.41) is 10.1. The van der Waals surface area contributed by atoms with Crippen LogP contribution in [0, 0.1) is 20.8 Å². The Kier molecular flexibility index (Phi) is 3.94. The fourth-order valence-corrected chi connectivity index (χ4v) is 1.95. The molecule has 90 valence electrons. The van der Waals surface area contributed by atoms with Crippen molar-refractivity contribution < 1.29 is 9.84 Å². The van der Waals surface area contributed by atoms with Crippen LogP contribution in [-0.4, -0.2) is 31.2 Å². The second-order valence-electron chi connectivity index (χ2n) is 4.40. The first-order valence-corrected chi connectivity index (χ1v) is 5.39. The predicted molar refractivity (Wildman–Crippen MR) is 65.9 cm³/mol. The van der Waals surface area contributed by atoms with Gasteiger partial charge < -0.3 is 9.84 Å². The van der Waals surface area contributed by atoms with Gasteiger partial charge in [-0.05, 0) is 63.2 Å². The van der Waals surface area contributed by atoms with Gasteiger partial charge in [0.2, 0.25) is 0 Å². The highest BCUT2D eigenvalue weighted by molar-refractivity contribution is 5.49. The third kappa shape index (κ3) is 2.20. The van der Waals surface area contributed by atoms with Crippen molar-refractivity contribution in [2.75, 3.05) is 21.2 Å². The maximum atomic E-state index is 10.1. The lowest BCUT2D eigenvalue weighted by atomic mass is 9.97. The minimum absolute atomic E-state index is 0.566. The highest BCUT2D eigenvalue weighted by Crippen LogP contribution is 2.31. The molecule has 0 saturated carbocycles. The van der Waals surface area contributed by atoms with Crippen LogP contribution in [0.2, 0.25) is 0 Å². The maximum Gasteiger partial charge on any atom is 0.133 e. The molecule has 0 bridgehead atoms. The fraction of sp³-hybridized carbons (Fsp3) is 0.538. The summed E-state index contributed by atoms with van der Waals surface area (Å²) in [6, 6.07) is 1.99. The lowest BCUT2D eigenvalue weighted by Crippen LogP contribution is -2.20. The van der Waals surface area contributed by atoms with E-state index >= 15 is 0 Å². The molecule has 1 N–H and O–H groups in total. The number of aliphatic hydroxyl groups is 1. The third-order valence-corrected chi connectivity index (χ3v) is 3.04. The molecule has 3 nitrogen and oxygen atoms in total. The molecule has 0 radical (unpaired) electrons. The van der Waals surface area contributed by atoms with Gasteiger partial charge in [-0.2, -0.15) is 0 Å². The molecule has 1 rings (SSSR count). The van der Waals surface area contributed by atoms with Gasteiger partial charge in [-0.25, -0.2) is 0 Å². The van der Waals surface area contributed by atoms with Gasteiger partial charge in [0.15, 0.2) is 0 Å². The molecule has 16 heavy (non-hydrogen) atoms. The zero-order valence-corrected chi connectivity index (χ0v) is 11.0. The average Bonchev–Trinajstić information content (AvgIpc) is 2.23. The Morgan fingerprint density at radius 3 is 2.19 bits per heavy atom. The quantitative estimate of drug-likeness (QED) is 0.797. The summed E-state index contributed by atoms with van der Waals surface area (Å²) in [5.41, 5.74) is 4.18. The molecule has 1 aromatic carbocycles. The van der Waals surface area contributed by atoms with Gasteiger partial charge >= 0.3 is 0 Å². The van der Waals surface area contributed by atoms with Crippen LogP contribution >= 0.6 is 0 Å².